The van der Waals surface area contributed by atoms with Gasteiger partial charge in [-0.15, -0.1) is 0 Å². The number of hydrogen-bond acceptors (Lipinski definition) is 14. The first-order valence-corrected chi connectivity index (χ1v) is 23.5. The van der Waals surface area contributed by atoms with Crippen LogP contribution in [-0.4, -0.2) is 167 Å². The SMILES string of the molecule is CSCC[C@H](NC(=O)[C@H](CCCN=C(N)N)NC(=O)[C@H](Cc1ccccc1)NC(=O)CNC(=O)[C@H](CCCCN)NC(=O)CNC(=O)[C@H](CC(=O)O)NC(=O)[C@@H]1CCCN1C(=O)[C@H](C)N)C(=O)O. The molecule has 1 aromatic carbocycles. The number of carboxylic acid groups (broad SMARTS) is 2. The number of benzene rings is 1. The largest absolute Gasteiger partial charge is 0.481 e. The first kappa shape index (κ1) is 57.6. The lowest BCUT2D eigenvalue weighted by Crippen LogP contribution is -2.57. The summed E-state index contributed by atoms with van der Waals surface area (Å²) in [5, 5.41) is 36.3. The van der Waals surface area contributed by atoms with E-state index in [-0.39, 0.29) is 64.1 Å². The third-order valence-electron chi connectivity index (χ3n) is 10.4. The van der Waals surface area contributed by atoms with Crippen molar-refractivity contribution in [3.63, 3.8) is 0 Å². The maximum atomic E-state index is 13.9. The summed E-state index contributed by atoms with van der Waals surface area (Å²) in [6, 6.07) is -0.0252. The highest BCUT2D eigenvalue weighted by molar-refractivity contribution is 7.98. The Bertz CT molecular complexity index is 1920. The Morgan fingerprint density at radius 3 is 1.90 bits per heavy atom. The lowest BCUT2D eigenvalue weighted by Gasteiger charge is -2.27. The molecule has 1 fully saturated rings. The third kappa shape index (κ3) is 21.4. The maximum absolute atomic E-state index is 13.9. The molecule has 17 N–H and O–H groups in total. The summed E-state index contributed by atoms with van der Waals surface area (Å²) in [5.74, 6) is -8.87. The summed E-state index contributed by atoms with van der Waals surface area (Å²) in [4.78, 5) is 135. The van der Waals surface area contributed by atoms with Gasteiger partial charge < -0.3 is 75.3 Å². The van der Waals surface area contributed by atoms with E-state index in [0.717, 1.165) is 0 Å². The van der Waals surface area contributed by atoms with Crippen LogP contribution in [-0.2, 0) is 54.4 Å². The molecule has 1 aliphatic heterocycles. The van der Waals surface area contributed by atoms with Crippen molar-refractivity contribution in [3.8, 4) is 0 Å². The highest BCUT2D eigenvalue weighted by Gasteiger charge is 2.37. The number of thioether (sulfide) groups is 1. The fraction of sp³-hybridized carbons (Fsp3) is 0.595. The molecule has 0 bridgehead atoms. The number of rotatable bonds is 31. The molecule has 0 unspecified atom stereocenters. The van der Waals surface area contributed by atoms with Crippen LogP contribution in [0.3, 0.4) is 0 Å². The monoisotopic (exact) mass is 977 g/mol. The second kappa shape index (κ2) is 30.7. The summed E-state index contributed by atoms with van der Waals surface area (Å²) in [6.07, 6.45) is 2.77. The second-order valence-corrected chi connectivity index (χ2v) is 17.0. The first-order chi connectivity index (χ1) is 32.3. The minimum atomic E-state index is -1.63. The van der Waals surface area contributed by atoms with Crippen molar-refractivity contribution in [2.24, 2.45) is 27.9 Å². The number of hydrogen-bond donors (Lipinski definition) is 13. The minimum Gasteiger partial charge on any atom is -0.481 e. The third-order valence-corrected chi connectivity index (χ3v) is 11.1. The number of carbonyl (C=O) groups is 10. The Hall–Kier alpha value is -6.54. The fourth-order valence-electron chi connectivity index (χ4n) is 6.92. The topological polar surface area (TPSA) is 415 Å². The van der Waals surface area contributed by atoms with Crippen molar-refractivity contribution in [1.82, 2.24) is 42.1 Å². The van der Waals surface area contributed by atoms with E-state index >= 15 is 0 Å². The molecule has 0 aliphatic carbocycles. The van der Waals surface area contributed by atoms with Gasteiger partial charge in [0, 0.05) is 19.5 Å². The van der Waals surface area contributed by atoms with Crippen molar-refractivity contribution in [2.45, 2.75) is 113 Å². The van der Waals surface area contributed by atoms with Crippen LogP contribution in [0.2, 0.25) is 0 Å². The molecule has 26 heteroatoms. The molecule has 1 aliphatic rings. The summed E-state index contributed by atoms with van der Waals surface area (Å²) in [6.45, 7) is 0.628. The van der Waals surface area contributed by atoms with Crippen molar-refractivity contribution in [1.29, 1.82) is 0 Å². The number of aliphatic carboxylic acids is 2. The first-order valence-electron chi connectivity index (χ1n) is 22.1. The molecule has 0 aromatic heterocycles. The normalized spacial score (nSPS) is 15.7. The van der Waals surface area contributed by atoms with Gasteiger partial charge in [0.2, 0.25) is 47.3 Å². The molecular weight excluding hydrogens is 911 g/mol. The lowest BCUT2D eigenvalue weighted by atomic mass is 10.0. The standard InChI is InChI=1S/C42H67N13O12S/c1-24(44)40(65)55-18-9-14-31(55)39(64)54-30(21-34(58)59)36(61)49-22-32(56)50-26(12-6-7-16-43)35(60)48-23-33(57)51-29(20-25-10-4-3-5-11-25)38(63)52-27(13-8-17-47-42(45)46)37(62)53-28(41(66)67)15-19-68-2/h3-5,10-11,24,26-31H,6-9,12-23,43-44H2,1-2H3,(H,48,60)(H,49,61)(H,50,56)(H,51,57)(H,52,63)(H,53,62)(H,54,64)(H,58,59)(H,66,67)(H4,45,46,47)/t24-,26-,27-,28-,29-,30-,31-/m0/s1. The summed E-state index contributed by atoms with van der Waals surface area (Å²) >= 11 is 1.39. The van der Waals surface area contributed by atoms with Gasteiger partial charge in [0.1, 0.15) is 36.3 Å². The van der Waals surface area contributed by atoms with E-state index in [1.165, 1.54) is 23.6 Å². The van der Waals surface area contributed by atoms with Gasteiger partial charge in [-0.3, -0.25) is 48.1 Å². The van der Waals surface area contributed by atoms with Crippen molar-refractivity contribution in [3.05, 3.63) is 35.9 Å². The molecule has 0 saturated carbocycles. The van der Waals surface area contributed by atoms with Crippen LogP contribution in [0.1, 0.15) is 70.3 Å². The average Bonchev–Trinajstić information content (AvgIpc) is 3.79. The van der Waals surface area contributed by atoms with Crippen LogP contribution in [0.5, 0.6) is 0 Å². The van der Waals surface area contributed by atoms with Crippen LogP contribution >= 0.6 is 11.8 Å². The highest BCUT2D eigenvalue weighted by Crippen LogP contribution is 2.19. The Balaban J connectivity index is 2.17. The zero-order chi connectivity index (χ0) is 50.8. The van der Waals surface area contributed by atoms with E-state index in [1.54, 1.807) is 36.6 Å². The van der Waals surface area contributed by atoms with Gasteiger partial charge in [0.25, 0.3) is 0 Å². The Labute approximate surface area is 398 Å². The van der Waals surface area contributed by atoms with E-state index < -0.39 is 121 Å². The molecular formula is C42H67N13O12S. The number of amides is 8. The van der Waals surface area contributed by atoms with Crippen LogP contribution < -0.4 is 60.2 Å². The van der Waals surface area contributed by atoms with Gasteiger partial charge in [0.15, 0.2) is 5.96 Å². The lowest BCUT2D eigenvalue weighted by molar-refractivity contribution is -0.143. The zero-order valence-corrected chi connectivity index (χ0v) is 39.1. The molecule has 68 heavy (non-hydrogen) atoms. The van der Waals surface area contributed by atoms with Crippen LogP contribution in [0, 0.1) is 0 Å². The number of nitrogens with one attached hydrogen (secondary N) is 7. The zero-order valence-electron chi connectivity index (χ0n) is 38.3. The predicted octanol–water partition coefficient (Wildman–Crippen LogP) is -4.28. The van der Waals surface area contributed by atoms with E-state index in [2.05, 4.69) is 42.2 Å². The van der Waals surface area contributed by atoms with E-state index in [1.807, 2.05) is 0 Å². The predicted molar refractivity (Wildman–Crippen MR) is 250 cm³/mol. The van der Waals surface area contributed by atoms with Crippen molar-refractivity contribution in [2.75, 3.05) is 44.7 Å². The number of aliphatic imine (C=N–C) groups is 1. The minimum absolute atomic E-state index is 0.0107. The molecule has 1 heterocycles. The van der Waals surface area contributed by atoms with Crippen LogP contribution in [0.15, 0.2) is 35.3 Å². The molecule has 378 valence electrons. The van der Waals surface area contributed by atoms with Gasteiger partial charge in [-0.25, -0.2) is 4.79 Å². The van der Waals surface area contributed by atoms with Gasteiger partial charge in [0.05, 0.1) is 25.6 Å². The number of guanidine groups is 1. The molecule has 7 atom stereocenters. The number of nitrogens with two attached hydrogens (primary N) is 4. The molecule has 1 aromatic rings. The summed E-state index contributed by atoms with van der Waals surface area (Å²) in [5.41, 5.74) is 22.8. The summed E-state index contributed by atoms with van der Waals surface area (Å²) in [7, 11) is 0. The number of nitrogens with zero attached hydrogens (tertiary/aromatic N) is 2. The van der Waals surface area contributed by atoms with E-state index in [9.17, 15) is 58.2 Å². The Morgan fingerprint density at radius 1 is 0.750 bits per heavy atom. The van der Waals surface area contributed by atoms with Crippen LogP contribution in [0.4, 0.5) is 0 Å². The van der Waals surface area contributed by atoms with E-state index in [0.29, 0.717) is 30.6 Å². The van der Waals surface area contributed by atoms with Crippen molar-refractivity contribution < 1.29 is 58.2 Å². The molecule has 0 radical (unpaired) electrons. The Kier molecular flexibility index (Phi) is 26.0. The summed E-state index contributed by atoms with van der Waals surface area (Å²) < 4.78 is 0. The highest BCUT2D eigenvalue weighted by atomic mass is 32.2. The number of carbonyl (C=O) groups excluding carboxylic acids is 8. The van der Waals surface area contributed by atoms with Gasteiger partial charge >= 0.3 is 11.9 Å². The number of likely N-dealkylation sites (tertiary alicyclic amines) is 1. The average molecular weight is 978 g/mol. The second-order valence-electron chi connectivity index (χ2n) is 16.0. The number of unbranched alkanes of at least 4 members (excludes halogenated alkanes) is 1. The molecule has 2 rings (SSSR count). The number of carboxylic acids is 2. The van der Waals surface area contributed by atoms with Crippen molar-refractivity contribution >= 4 is 76.9 Å². The quantitative estimate of drug-likeness (QED) is 0.0190. The van der Waals surface area contributed by atoms with Gasteiger partial charge in [-0.2, -0.15) is 11.8 Å². The maximum Gasteiger partial charge on any atom is 0.326 e. The van der Waals surface area contributed by atoms with Gasteiger partial charge in [-0.05, 0) is 82.4 Å². The molecule has 8 amide bonds. The van der Waals surface area contributed by atoms with E-state index in [4.69, 9.17) is 22.9 Å². The smallest absolute Gasteiger partial charge is 0.326 e. The Morgan fingerprint density at radius 2 is 1.32 bits per heavy atom. The van der Waals surface area contributed by atoms with Gasteiger partial charge in [-0.1, -0.05) is 30.3 Å². The van der Waals surface area contributed by atoms with Crippen LogP contribution in [0.25, 0.3) is 0 Å². The molecule has 25 nitrogen and oxygen atoms in total. The molecule has 1 saturated heterocycles. The fourth-order valence-corrected chi connectivity index (χ4v) is 7.39. The molecule has 0 spiro atoms.